The number of hydrogen-bond acceptors (Lipinski definition) is 5. The van der Waals surface area contributed by atoms with Gasteiger partial charge in [0.2, 0.25) is 0 Å². The second-order valence-corrected chi connectivity index (χ2v) is 11.9. The summed E-state index contributed by atoms with van der Waals surface area (Å²) in [7, 11) is -2.94. The Hall–Kier alpha value is -2.25. The highest BCUT2D eigenvalue weighted by Crippen LogP contribution is 2.46. The standard InChI is InChI=1S/C25H31ClN2O4S/c1-2-28(21-11-13-33(31,32)14-12-21)24-10-5-18(22(16-25(29)30)17-3-4-17)15-23(24)27-20-8-6-19(26)7-9-20/h5-10,15,17,21-22,27H,2-4,11-14,16H2,1H3,(H,29,30). The minimum atomic E-state index is -2.94. The summed E-state index contributed by atoms with van der Waals surface area (Å²) in [6.45, 7) is 2.83. The van der Waals surface area contributed by atoms with Crippen LogP contribution in [0, 0.1) is 5.92 Å². The zero-order valence-electron chi connectivity index (χ0n) is 18.8. The van der Waals surface area contributed by atoms with Gasteiger partial charge in [-0.2, -0.15) is 0 Å². The van der Waals surface area contributed by atoms with Gasteiger partial charge in [-0.25, -0.2) is 8.42 Å². The lowest BCUT2D eigenvalue weighted by atomic mass is 9.90. The molecule has 1 saturated heterocycles. The molecule has 2 aliphatic rings. The summed E-state index contributed by atoms with van der Waals surface area (Å²) >= 11 is 6.06. The summed E-state index contributed by atoms with van der Waals surface area (Å²) < 4.78 is 23.9. The van der Waals surface area contributed by atoms with E-state index in [0.29, 0.717) is 23.8 Å². The number of halogens is 1. The SMILES string of the molecule is CCN(c1ccc(C(CC(=O)O)C2CC2)cc1Nc1ccc(Cl)cc1)C1CCS(=O)(=O)CC1. The van der Waals surface area contributed by atoms with Crippen LogP contribution in [-0.2, 0) is 14.6 Å². The first-order valence-corrected chi connectivity index (χ1v) is 13.8. The molecule has 178 valence electrons. The molecule has 1 atom stereocenters. The van der Waals surface area contributed by atoms with Crippen molar-refractivity contribution in [3.63, 3.8) is 0 Å². The quantitative estimate of drug-likeness (QED) is 0.485. The molecule has 1 heterocycles. The lowest BCUT2D eigenvalue weighted by Gasteiger charge is -2.37. The minimum Gasteiger partial charge on any atom is -0.481 e. The van der Waals surface area contributed by atoms with Gasteiger partial charge in [0.15, 0.2) is 0 Å². The van der Waals surface area contributed by atoms with Crippen LogP contribution in [0.5, 0.6) is 0 Å². The van der Waals surface area contributed by atoms with Gasteiger partial charge in [0.25, 0.3) is 0 Å². The molecule has 1 aliphatic carbocycles. The van der Waals surface area contributed by atoms with Crippen molar-refractivity contribution in [2.24, 2.45) is 5.92 Å². The molecular formula is C25H31ClN2O4S. The Bertz CT molecular complexity index is 1090. The van der Waals surface area contributed by atoms with Crippen LogP contribution in [-0.4, -0.2) is 43.6 Å². The third kappa shape index (κ3) is 6.01. The zero-order chi connectivity index (χ0) is 23.6. The van der Waals surface area contributed by atoms with E-state index in [1.807, 2.05) is 24.3 Å². The first-order chi connectivity index (χ1) is 15.8. The number of carboxylic acids is 1. The number of hydrogen-bond donors (Lipinski definition) is 2. The normalized spacial score (nSPS) is 19.1. The van der Waals surface area contributed by atoms with E-state index in [2.05, 4.69) is 35.3 Å². The first-order valence-electron chi connectivity index (χ1n) is 11.6. The Balaban J connectivity index is 1.69. The number of rotatable bonds is 9. The summed E-state index contributed by atoms with van der Waals surface area (Å²) in [5.74, 6) is 0.0727. The molecule has 2 aromatic rings. The number of nitrogens with one attached hydrogen (secondary N) is 1. The van der Waals surface area contributed by atoms with Crippen molar-refractivity contribution in [2.45, 2.75) is 51.0 Å². The monoisotopic (exact) mass is 490 g/mol. The highest BCUT2D eigenvalue weighted by atomic mass is 35.5. The van der Waals surface area contributed by atoms with Gasteiger partial charge in [-0.1, -0.05) is 17.7 Å². The zero-order valence-corrected chi connectivity index (χ0v) is 20.4. The van der Waals surface area contributed by atoms with Crippen LogP contribution in [0.3, 0.4) is 0 Å². The minimum absolute atomic E-state index is 0.00258. The van der Waals surface area contributed by atoms with Crippen LogP contribution in [0.4, 0.5) is 17.1 Å². The summed E-state index contributed by atoms with van der Waals surface area (Å²) in [5, 5.41) is 13.6. The molecule has 8 heteroatoms. The molecule has 33 heavy (non-hydrogen) atoms. The molecule has 0 spiro atoms. The number of carboxylic acid groups (broad SMARTS) is 1. The van der Waals surface area contributed by atoms with E-state index in [9.17, 15) is 18.3 Å². The van der Waals surface area contributed by atoms with E-state index in [1.54, 1.807) is 0 Å². The van der Waals surface area contributed by atoms with Gasteiger partial charge in [-0.3, -0.25) is 4.79 Å². The number of sulfone groups is 1. The summed E-state index contributed by atoms with van der Waals surface area (Å²) in [5.41, 5.74) is 3.83. The first kappa shape index (κ1) is 23.9. The van der Waals surface area contributed by atoms with Gasteiger partial charge in [0.05, 0.1) is 29.3 Å². The van der Waals surface area contributed by atoms with Crippen LogP contribution in [0.1, 0.15) is 50.5 Å². The molecule has 0 radical (unpaired) electrons. The third-order valence-electron chi connectivity index (χ3n) is 6.77. The molecule has 0 aromatic heterocycles. The van der Waals surface area contributed by atoms with E-state index in [1.165, 1.54) is 0 Å². The number of aliphatic carboxylic acids is 1. The van der Waals surface area contributed by atoms with E-state index < -0.39 is 15.8 Å². The highest BCUT2D eigenvalue weighted by molar-refractivity contribution is 7.91. The fourth-order valence-electron chi connectivity index (χ4n) is 4.88. The van der Waals surface area contributed by atoms with Gasteiger partial charge in [-0.15, -0.1) is 0 Å². The average molecular weight is 491 g/mol. The lowest BCUT2D eigenvalue weighted by molar-refractivity contribution is -0.137. The summed E-state index contributed by atoms with van der Waals surface area (Å²) in [6.07, 6.45) is 3.49. The van der Waals surface area contributed by atoms with Crippen LogP contribution in [0.25, 0.3) is 0 Å². The molecular weight excluding hydrogens is 460 g/mol. The molecule has 1 saturated carbocycles. The molecule has 1 unspecified atom stereocenters. The largest absolute Gasteiger partial charge is 0.481 e. The van der Waals surface area contributed by atoms with E-state index >= 15 is 0 Å². The van der Waals surface area contributed by atoms with Gasteiger partial charge in [0, 0.05) is 23.3 Å². The van der Waals surface area contributed by atoms with Gasteiger partial charge in [0.1, 0.15) is 9.84 Å². The van der Waals surface area contributed by atoms with Crippen molar-refractivity contribution < 1.29 is 18.3 Å². The Kier molecular flexibility index (Phi) is 7.19. The Morgan fingerprint density at radius 2 is 1.79 bits per heavy atom. The van der Waals surface area contributed by atoms with Crippen LogP contribution in [0.2, 0.25) is 5.02 Å². The molecule has 4 rings (SSSR count). The van der Waals surface area contributed by atoms with Gasteiger partial charge in [-0.05, 0) is 86.4 Å². The van der Waals surface area contributed by atoms with Crippen molar-refractivity contribution in [1.29, 1.82) is 0 Å². The van der Waals surface area contributed by atoms with Crippen molar-refractivity contribution in [3.05, 3.63) is 53.1 Å². The molecule has 2 aromatic carbocycles. The number of benzene rings is 2. The average Bonchev–Trinajstić information content (AvgIpc) is 3.61. The van der Waals surface area contributed by atoms with Crippen molar-refractivity contribution in [2.75, 3.05) is 28.3 Å². The number of carbonyl (C=O) groups is 1. The Labute approximate surface area is 200 Å². The lowest BCUT2D eigenvalue weighted by Crippen LogP contribution is -2.41. The van der Waals surface area contributed by atoms with Crippen molar-refractivity contribution >= 4 is 44.5 Å². The van der Waals surface area contributed by atoms with Crippen LogP contribution >= 0.6 is 11.6 Å². The van der Waals surface area contributed by atoms with Crippen molar-refractivity contribution in [1.82, 2.24) is 0 Å². The Morgan fingerprint density at radius 1 is 1.12 bits per heavy atom. The second-order valence-electron chi connectivity index (χ2n) is 9.12. The summed E-state index contributed by atoms with van der Waals surface area (Å²) in [6, 6.07) is 13.8. The van der Waals surface area contributed by atoms with Crippen LogP contribution in [0.15, 0.2) is 42.5 Å². The molecule has 2 fully saturated rings. The molecule has 0 amide bonds. The van der Waals surface area contributed by atoms with Crippen LogP contribution < -0.4 is 10.2 Å². The number of nitrogens with zero attached hydrogens (tertiary/aromatic N) is 1. The Morgan fingerprint density at radius 3 is 2.36 bits per heavy atom. The smallest absolute Gasteiger partial charge is 0.303 e. The third-order valence-corrected chi connectivity index (χ3v) is 8.74. The fraction of sp³-hybridized carbons (Fsp3) is 0.480. The predicted molar refractivity (Wildman–Crippen MR) is 134 cm³/mol. The maximum absolute atomic E-state index is 12.0. The predicted octanol–water partition coefficient (Wildman–Crippen LogP) is 5.46. The molecule has 6 nitrogen and oxygen atoms in total. The number of anilines is 3. The maximum Gasteiger partial charge on any atom is 0.303 e. The van der Waals surface area contributed by atoms with Crippen molar-refractivity contribution in [3.8, 4) is 0 Å². The van der Waals surface area contributed by atoms with E-state index in [0.717, 1.165) is 42.0 Å². The maximum atomic E-state index is 12.0. The molecule has 0 bridgehead atoms. The highest BCUT2D eigenvalue weighted by Gasteiger charge is 2.34. The van der Waals surface area contributed by atoms with Gasteiger partial charge >= 0.3 is 5.97 Å². The van der Waals surface area contributed by atoms with Gasteiger partial charge < -0.3 is 15.3 Å². The molecule has 1 aliphatic heterocycles. The van der Waals surface area contributed by atoms with E-state index in [4.69, 9.17) is 11.6 Å². The van der Waals surface area contributed by atoms with E-state index in [-0.39, 0.29) is 29.9 Å². The summed E-state index contributed by atoms with van der Waals surface area (Å²) in [4.78, 5) is 13.8. The second kappa shape index (κ2) is 9.94. The molecule has 2 N–H and O–H groups in total. The fourth-order valence-corrected chi connectivity index (χ4v) is 6.47. The topological polar surface area (TPSA) is 86.7 Å².